The Hall–Kier alpha value is -1.99. The molecule has 2 aliphatic heterocycles. The Kier molecular flexibility index (Phi) is 6.67. The van der Waals surface area contributed by atoms with Crippen molar-refractivity contribution in [2.75, 3.05) is 54.7 Å². The first kappa shape index (κ1) is 20.7. The lowest BCUT2D eigenvalue weighted by molar-refractivity contribution is -0.148. The van der Waals surface area contributed by atoms with E-state index in [4.69, 9.17) is 18.9 Å². The normalized spacial score (nSPS) is 22.7. The monoisotopic (exact) mass is 392 g/mol. The van der Waals surface area contributed by atoms with Crippen LogP contribution < -0.4 is 14.2 Å². The number of amides is 1. The van der Waals surface area contributed by atoms with Gasteiger partial charge in [0.25, 0.3) is 0 Å². The van der Waals surface area contributed by atoms with Crippen LogP contribution in [0.2, 0.25) is 0 Å². The molecule has 2 fully saturated rings. The van der Waals surface area contributed by atoms with E-state index in [1.807, 2.05) is 17.0 Å². The molecule has 1 atom stereocenters. The minimum Gasteiger partial charge on any atom is -0.493 e. The lowest BCUT2D eigenvalue weighted by Crippen LogP contribution is -2.60. The van der Waals surface area contributed by atoms with Crippen LogP contribution in [0.1, 0.15) is 31.2 Å². The quantitative estimate of drug-likeness (QED) is 0.677. The summed E-state index contributed by atoms with van der Waals surface area (Å²) in [5.74, 6) is 2.14. The van der Waals surface area contributed by atoms with Crippen molar-refractivity contribution in [1.82, 2.24) is 9.80 Å². The molecule has 3 rings (SSSR count). The largest absolute Gasteiger partial charge is 0.493 e. The average Bonchev–Trinajstić information content (AvgIpc) is 3.11. The van der Waals surface area contributed by atoms with Crippen LogP contribution in [0.25, 0.3) is 0 Å². The van der Waals surface area contributed by atoms with Crippen LogP contribution in [-0.2, 0) is 16.1 Å². The zero-order chi connectivity index (χ0) is 20.1. The van der Waals surface area contributed by atoms with E-state index in [9.17, 15) is 4.79 Å². The van der Waals surface area contributed by atoms with Gasteiger partial charge in [-0.2, -0.15) is 0 Å². The second kappa shape index (κ2) is 9.01. The highest BCUT2D eigenvalue weighted by Crippen LogP contribution is 2.43. The number of carbonyl (C=O) groups is 1. The summed E-state index contributed by atoms with van der Waals surface area (Å²) in [5, 5.41) is 0. The van der Waals surface area contributed by atoms with E-state index in [2.05, 4.69) is 4.90 Å². The third kappa shape index (κ3) is 3.65. The van der Waals surface area contributed by atoms with Crippen LogP contribution in [0.3, 0.4) is 0 Å². The Labute approximate surface area is 167 Å². The number of ether oxygens (including phenoxy) is 4. The van der Waals surface area contributed by atoms with Gasteiger partial charge in [-0.3, -0.25) is 9.69 Å². The van der Waals surface area contributed by atoms with Crippen LogP contribution in [0.15, 0.2) is 12.1 Å². The average molecular weight is 392 g/mol. The van der Waals surface area contributed by atoms with Gasteiger partial charge in [-0.15, -0.1) is 0 Å². The molecule has 0 radical (unpaired) electrons. The van der Waals surface area contributed by atoms with E-state index in [0.717, 1.165) is 44.3 Å². The molecule has 1 aromatic rings. The van der Waals surface area contributed by atoms with E-state index < -0.39 is 5.54 Å². The van der Waals surface area contributed by atoms with Crippen molar-refractivity contribution in [1.29, 1.82) is 0 Å². The number of hydrogen-bond donors (Lipinski definition) is 0. The third-order valence-electron chi connectivity index (χ3n) is 6.04. The van der Waals surface area contributed by atoms with E-state index in [1.165, 1.54) is 0 Å². The fourth-order valence-corrected chi connectivity index (χ4v) is 4.66. The number of hydrogen-bond acceptors (Lipinski definition) is 6. The Morgan fingerprint density at radius 2 is 1.68 bits per heavy atom. The van der Waals surface area contributed by atoms with Gasteiger partial charge in [-0.1, -0.05) is 6.07 Å². The van der Waals surface area contributed by atoms with Gasteiger partial charge in [-0.25, -0.2) is 0 Å². The molecule has 156 valence electrons. The molecule has 2 saturated heterocycles. The molecule has 1 amide bonds. The maximum Gasteiger partial charge on any atom is 0.243 e. The minimum absolute atomic E-state index is 0.243. The molecule has 0 aromatic heterocycles. The molecule has 0 N–H and O–H groups in total. The minimum atomic E-state index is -0.413. The van der Waals surface area contributed by atoms with Gasteiger partial charge in [0, 0.05) is 32.3 Å². The van der Waals surface area contributed by atoms with Gasteiger partial charge >= 0.3 is 0 Å². The fraction of sp³-hybridized carbons (Fsp3) is 0.667. The van der Waals surface area contributed by atoms with E-state index in [-0.39, 0.29) is 5.91 Å². The lowest BCUT2D eigenvalue weighted by atomic mass is 9.85. The molecule has 0 bridgehead atoms. The number of benzene rings is 1. The lowest BCUT2D eigenvalue weighted by Gasteiger charge is -2.44. The first-order valence-corrected chi connectivity index (χ1v) is 9.92. The van der Waals surface area contributed by atoms with Gasteiger partial charge in [0.1, 0.15) is 5.54 Å². The molecule has 1 aromatic carbocycles. The molecule has 2 aliphatic rings. The SMILES string of the molecule is COCCN1CCCC2(CCCN2Cc2ccc(OC)c(OC)c2OC)C1=O. The summed E-state index contributed by atoms with van der Waals surface area (Å²) in [6, 6.07) is 3.90. The Bertz CT molecular complexity index is 696. The fourth-order valence-electron chi connectivity index (χ4n) is 4.66. The number of nitrogens with zero attached hydrogens (tertiary/aromatic N) is 2. The van der Waals surface area contributed by atoms with Crippen LogP contribution in [0.4, 0.5) is 0 Å². The van der Waals surface area contributed by atoms with Gasteiger partial charge < -0.3 is 23.8 Å². The van der Waals surface area contributed by atoms with Crippen molar-refractivity contribution in [3.8, 4) is 17.2 Å². The number of methoxy groups -OCH3 is 4. The standard InChI is InChI=1S/C21H32N2O5/c1-25-14-13-22-11-5-9-21(20(22)24)10-6-12-23(21)15-16-7-8-17(26-2)19(28-4)18(16)27-3/h7-8H,5-6,9-15H2,1-4H3. The Morgan fingerprint density at radius 3 is 2.32 bits per heavy atom. The maximum atomic E-state index is 13.4. The molecule has 2 heterocycles. The highest BCUT2D eigenvalue weighted by atomic mass is 16.5. The summed E-state index contributed by atoms with van der Waals surface area (Å²) >= 11 is 0. The molecule has 1 unspecified atom stereocenters. The van der Waals surface area contributed by atoms with Crippen molar-refractivity contribution in [2.24, 2.45) is 0 Å². The van der Waals surface area contributed by atoms with Gasteiger partial charge in [0.15, 0.2) is 11.5 Å². The first-order chi connectivity index (χ1) is 13.6. The Balaban J connectivity index is 1.87. The molecule has 28 heavy (non-hydrogen) atoms. The summed E-state index contributed by atoms with van der Waals surface area (Å²) in [4.78, 5) is 17.7. The summed E-state index contributed by atoms with van der Waals surface area (Å²) < 4.78 is 21.8. The summed E-state index contributed by atoms with van der Waals surface area (Å²) in [6.45, 7) is 3.60. The van der Waals surface area contributed by atoms with E-state index in [1.54, 1.807) is 28.4 Å². The van der Waals surface area contributed by atoms with Crippen molar-refractivity contribution in [2.45, 2.75) is 37.8 Å². The zero-order valence-electron chi connectivity index (χ0n) is 17.5. The first-order valence-electron chi connectivity index (χ1n) is 9.92. The molecular weight excluding hydrogens is 360 g/mol. The highest BCUT2D eigenvalue weighted by molar-refractivity contribution is 5.87. The maximum absolute atomic E-state index is 13.4. The van der Waals surface area contributed by atoms with Crippen molar-refractivity contribution < 1.29 is 23.7 Å². The smallest absolute Gasteiger partial charge is 0.243 e. The number of likely N-dealkylation sites (tertiary alicyclic amines) is 2. The molecule has 7 nitrogen and oxygen atoms in total. The predicted octanol–water partition coefficient (Wildman–Crippen LogP) is 2.32. The van der Waals surface area contributed by atoms with Gasteiger partial charge in [0.2, 0.25) is 11.7 Å². The van der Waals surface area contributed by atoms with Gasteiger partial charge in [0.05, 0.1) is 27.9 Å². The van der Waals surface area contributed by atoms with Crippen LogP contribution in [-0.4, -0.2) is 75.9 Å². The summed E-state index contributed by atoms with van der Waals surface area (Å²) in [7, 11) is 6.54. The van der Waals surface area contributed by atoms with Gasteiger partial charge in [-0.05, 0) is 38.3 Å². The van der Waals surface area contributed by atoms with Crippen molar-refractivity contribution >= 4 is 5.91 Å². The molecule has 0 saturated carbocycles. The summed E-state index contributed by atoms with van der Waals surface area (Å²) in [6.07, 6.45) is 3.87. The highest BCUT2D eigenvalue weighted by Gasteiger charge is 2.50. The van der Waals surface area contributed by atoms with Crippen molar-refractivity contribution in [3.63, 3.8) is 0 Å². The zero-order valence-corrected chi connectivity index (χ0v) is 17.5. The second-order valence-electron chi connectivity index (χ2n) is 7.44. The van der Waals surface area contributed by atoms with Crippen LogP contribution in [0, 0.1) is 0 Å². The number of carbonyl (C=O) groups excluding carboxylic acids is 1. The third-order valence-corrected chi connectivity index (χ3v) is 6.04. The van der Waals surface area contributed by atoms with E-state index >= 15 is 0 Å². The Morgan fingerprint density at radius 1 is 0.964 bits per heavy atom. The van der Waals surface area contributed by atoms with Crippen molar-refractivity contribution in [3.05, 3.63) is 17.7 Å². The van der Waals surface area contributed by atoms with E-state index in [0.29, 0.717) is 36.9 Å². The van der Waals surface area contributed by atoms with Crippen LogP contribution >= 0.6 is 0 Å². The molecule has 7 heteroatoms. The number of rotatable bonds is 8. The predicted molar refractivity (Wildman–Crippen MR) is 106 cm³/mol. The second-order valence-corrected chi connectivity index (χ2v) is 7.44. The molecule has 0 aliphatic carbocycles. The molecular formula is C21H32N2O5. The number of piperidine rings is 1. The van der Waals surface area contributed by atoms with Crippen LogP contribution in [0.5, 0.6) is 17.2 Å². The molecule has 1 spiro atoms. The topological polar surface area (TPSA) is 60.5 Å². The summed E-state index contributed by atoms with van der Waals surface area (Å²) in [5.41, 5.74) is 0.590.